The van der Waals surface area contributed by atoms with Crippen molar-refractivity contribution in [2.75, 3.05) is 0 Å². The number of rotatable bonds is 11. The molecular weight excluding hydrogens is 384 g/mol. The normalized spacial score (nSPS) is 14.9. The number of aliphatic hydroxyl groups excluding tert-OH is 1. The van der Waals surface area contributed by atoms with E-state index < -0.39 is 47.9 Å². The van der Waals surface area contributed by atoms with E-state index in [0.717, 1.165) is 0 Å². The number of benzene rings is 1. The van der Waals surface area contributed by atoms with Crippen molar-refractivity contribution in [3.63, 3.8) is 0 Å². The first kappa shape index (κ1) is 23.9. The van der Waals surface area contributed by atoms with Crippen LogP contribution < -0.4 is 22.1 Å². The van der Waals surface area contributed by atoms with Gasteiger partial charge >= 0.3 is 5.97 Å². The van der Waals surface area contributed by atoms with E-state index in [2.05, 4.69) is 10.6 Å². The molecule has 0 radical (unpaired) electrons. The number of amides is 3. The molecule has 11 heteroatoms. The predicted molar refractivity (Wildman–Crippen MR) is 101 cm³/mol. The van der Waals surface area contributed by atoms with Gasteiger partial charge in [-0.05, 0) is 31.0 Å². The molecule has 3 amide bonds. The van der Waals surface area contributed by atoms with Gasteiger partial charge in [0.2, 0.25) is 17.7 Å². The Hall–Kier alpha value is -3.18. The summed E-state index contributed by atoms with van der Waals surface area (Å²) in [7, 11) is 0. The third-order valence-corrected chi connectivity index (χ3v) is 4.13. The molecule has 0 spiro atoms. The number of hydrogen-bond donors (Lipinski definition) is 7. The molecule has 29 heavy (non-hydrogen) atoms. The van der Waals surface area contributed by atoms with E-state index in [1.165, 1.54) is 31.2 Å². The maximum Gasteiger partial charge on any atom is 0.326 e. The minimum Gasteiger partial charge on any atom is -0.508 e. The van der Waals surface area contributed by atoms with Gasteiger partial charge in [0.15, 0.2) is 0 Å². The molecule has 1 aromatic rings. The molecule has 0 bridgehead atoms. The number of nitrogens with two attached hydrogens (primary N) is 2. The van der Waals surface area contributed by atoms with Crippen molar-refractivity contribution in [1.29, 1.82) is 0 Å². The standard InChI is InChI=1S/C18H26N4O7/c1-9(23)15(20)17(27)21-12(6-7-14(19)25)16(26)22-13(18(28)29)8-10-2-4-11(24)5-3-10/h2-5,9,12-13,15,23-24H,6-8,20H2,1H3,(H2,19,25)(H,21,27)(H,22,26)(H,28,29)/t9-,12+,13+,15+/m1/s1. The lowest BCUT2D eigenvalue weighted by Gasteiger charge is -2.23. The number of carboxylic acids is 1. The van der Waals surface area contributed by atoms with Crippen molar-refractivity contribution in [2.45, 2.75) is 50.4 Å². The van der Waals surface area contributed by atoms with E-state index in [1.54, 1.807) is 0 Å². The topological polar surface area (TPSA) is 205 Å². The molecule has 0 fully saturated rings. The van der Waals surface area contributed by atoms with Crippen LogP contribution in [0.25, 0.3) is 0 Å². The lowest BCUT2D eigenvalue weighted by atomic mass is 10.0. The molecule has 0 saturated carbocycles. The fourth-order valence-corrected chi connectivity index (χ4v) is 2.38. The molecule has 11 nitrogen and oxygen atoms in total. The summed E-state index contributed by atoms with van der Waals surface area (Å²) in [5, 5.41) is 32.7. The van der Waals surface area contributed by atoms with E-state index in [-0.39, 0.29) is 25.0 Å². The molecule has 0 aliphatic rings. The average Bonchev–Trinajstić information content (AvgIpc) is 2.64. The highest BCUT2D eigenvalue weighted by atomic mass is 16.4. The largest absolute Gasteiger partial charge is 0.508 e. The molecular formula is C18H26N4O7. The lowest BCUT2D eigenvalue weighted by molar-refractivity contribution is -0.142. The molecule has 0 aliphatic heterocycles. The number of phenols is 1. The quantitative estimate of drug-likeness (QED) is 0.216. The molecule has 0 saturated heterocycles. The number of aromatic hydroxyl groups is 1. The Morgan fingerprint density at radius 2 is 1.59 bits per heavy atom. The summed E-state index contributed by atoms with van der Waals surface area (Å²) in [4.78, 5) is 47.2. The van der Waals surface area contributed by atoms with Crippen molar-refractivity contribution in [2.24, 2.45) is 11.5 Å². The average molecular weight is 410 g/mol. The lowest BCUT2D eigenvalue weighted by Crippen LogP contribution is -2.56. The number of primary amides is 1. The van der Waals surface area contributed by atoms with Gasteiger partial charge in [0, 0.05) is 12.8 Å². The Morgan fingerprint density at radius 1 is 1.03 bits per heavy atom. The third kappa shape index (κ3) is 8.15. The van der Waals surface area contributed by atoms with Crippen LogP contribution >= 0.6 is 0 Å². The number of carbonyl (C=O) groups excluding carboxylic acids is 3. The van der Waals surface area contributed by atoms with Gasteiger partial charge in [-0.15, -0.1) is 0 Å². The molecule has 0 aliphatic carbocycles. The van der Waals surface area contributed by atoms with Gasteiger partial charge < -0.3 is 37.4 Å². The zero-order valence-electron chi connectivity index (χ0n) is 15.9. The third-order valence-electron chi connectivity index (χ3n) is 4.13. The highest BCUT2D eigenvalue weighted by Crippen LogP contribution is 2.12. The second-order valence-corrected chi connectivity index (χ2v) is 6.60. The Kier molecular flexibility index (Phi) is 9.03. The number of hydrogen-bond acceptors (Lipinski definition) is 7. The van der Waals surface area contributed by atoms with Gasteiger partial charge in [-0.1, -0.05) is 12.1 Å². The Morgan fingerprint density at radius 3 is 2.07 bits per heavy atom. The van der Waals surface area contributed by atoms with Crippen LogP contribution in [0.5, 0.6) is 5.75 Å². The maximum atomic E-state index is 12.6. The van der Waals surface area contributed by atoms with Gasteiger partial charge in [0.25, 0.3) is 0 Å². The summed E-state index contributed by atoms with van der Waals surface area (Å²) >= 11 is 0. The fraction of sp³-hybridized carbons (Fsp3) is 0.444. The van der Waals surface area contributed by atoms with Gasteiger partial charge in [-0.25, -0.2) is 4.79 Å². The molecule has 0 aromatic heterocycles. The SMILES string of the molecule is C[C@@H](O)[C@H](N)C(=O)N[C@@H](CCC(N)=O)C(=O)N[C@@H](Cc1ccc(O)cc1)C(=O)O. The van der Waals surface area contributed by atoms with Crippen LogP contribution in [0.1, 0.15) is 25.3 Å². The number of carbonyl (C=O) groups is 4. The number of aliphatic hydroxyl groups is 1. The Labute approximate surface area is 167 Å². The van der Waals surface area contributed by atoms with Crippen molar-refractivity contribution in [3.05, 3.63) is 29.8 Å². The number of aliphatic carboxylic acids is 1. The maximum absolute atomic E-state index is 12.6. The number of nitrogens with one attached hydrogen (secondary N) is 2. The number of phenolic OH excluding ortho intramolecular Hbond substituents is 1. The molecule has 1 aromatic carbocycles. The molecule has 0 heterocycles. The summed E-state index contributed by atoms with van der Waals surface area (Å²) in [6.07, 6.45) is -1.68. The second kappa shape index (κ2) is 11.0. The van der Waals surface area contributed by atoms with Crippen molar-refractivity contribution < 1.29 is 34.5 Å². The minimum absolute atomic E-state index is 0.00772. The summed E-state index contributed by atoms with van der Waals surface area (Å²) < 4.78 is 0. The highest BCUT2D eigenvalue weighted by Gasteiger charge is 2.29. The van der Waals surface area contributed by atoms with Gasteiger partial charge in [0.05, 0.1) is 6.10 Å². The summed E-state index contributed by atoms with van der Waals surface area (Å²) in [6.45, 7) is 1.29. The first-order chi connectivity index (χ1) is 13.5. The van der Waals surface area contributed by atoms with E-state index in [1.807, 2.05) is 0 Å². The molecule has 9 N–H and O–H groups in total. The van der Waals surface area contributed by atoms with Gasteiger partial charge in [-0.3, -0.25) is 14.4 Å². The van der Waals surface area contributed by atoms with E-state index in [0.29, 0.717) is 5.56 Å². The summed E-state index contributed by atoms with van der Waals surface area (Å²) in [5.74, 6) is -3.70. The minimum atomic E-state index is -1.33. The molecule has 1 rings (SSSR count). The Balaban J connectivity index is 2.90. The van der Waals surface area contributed by atoms with Crippen LogP contribution in [0, 0.1) is 0 Å². The van der Waals surface area contributed by atoms with Crippen molar-refractivity contribution >= 4 is 23.7 Å². The van der Waals surface area contributed by atoms with E-state index in [4.69, 9.17) is 11.5 Å². The monoisotopic (exact) mass is 410 g/mol. The van der Waals surface area contributed by atoms with Crippen LogP contribution in [-0.4, -0.2) is 63.2 Å². The van der Waals surface area contributed by atoms with E-state index in [9.17, 15) is 34.5 Å². The van der Waals surface area contributed by atoms with Crippen LogP contribution in [0.2, 0.25) is 0 Å². The Bertz CT molecular complexity index is 736. The van der Waals surface area contributed by atoms with E-state index >= 15 is 0 Å². The first-order valence-electron chi connectivity index (χ1n) is 8.84. The van der Waals surface area contributed by atoms with Crippen molar-refractivity contribution in [3.8, 4) is 5.75 Å². The molecule has 0 unspecified atom stereocenters. The smallest absolute Gasteiger partial charge is 0.326 e. The van der Waals surface area contributed by atoms with Gasteiger partial charge in [0.1, 0.15) is 23.9 Å². The molecule has 160 valence electrons. The second-order valence-electron chi connectivity index (χ2n) is 6.60. The predicted octanol–water partition coefficient (Wildman–Crippen LogP) is -2.04. The van der Waals surface area contributed by atoms with Gasteiger partial charge in [-0.2, -0.15) is 0 Å². The fourth-order valence-electron chi connectivity index (χ4n) is 2.38. The summed E-state index contributed by atoms with van der Waals surface area (Å²) in [6, 6.07) is 1.85. The van der Waals surface area contributed by atoms with Crippen molar-refractivity contribution in [1.82, 2.24) is 10.6 Å². The van der Waals surface area contributed by atoms with Crippen LogP contribution in [0.4, 0.5) is 0 Å². The molecule has 4 atom stereocenters. The summed E-state index contributed by atoms with van der Waals surface area (Å²) in [5.41, 5.74) is 11.2. The first-order valence-corrected chi connectivity index (χ1v) is 8.84. The van der Waals surface area contributed by atoms with Crippen LogP contribution in [-0.2, 0) is 25.6 Å². The zero-order valence-corrected chi connectivity index (χ0v) is 15.9. The van der Waals surface area contributed by atoms with Crippen LogP contribution in [0.15, 0.2) is 24.3 Å². The zero-order chi connectivity index (χ0) is 22.1. The number of carboxylic acid groups (broad SMARTS) is 1. The highest BCUT2D eigenvalue weighted by molar-refractivity contribution is 5.92. The van der Waals surface area contributed by atoms with Crippen LogP contribution in [0.3, 0.4) is 0 Å².